The quantitative estimate of drug-likeness (QED) is 0.643. The van der Waals surface area contributed by atoms with Gasteiger partial charge in [0, 0.05) is 11.0 Å². The molecule has 0 atom stereocenters. The van der Waals surface area contributed by atoms with Gasteiger partial charge in [-0.1, -0.05) is 55.5 Å². The average molecular weight is 380 g/mol. The zero-order valence-electron chi connectivity index (χ0n) is 12.5. The van der Waals surface area contributed by atoms with Crippen molar-refractivity contribution in [1.82, 2.24) is 4.72 Å². The average Bonchev–Trinajstić information content (AvgIpc) is 2.36. The van der Waals surface area contributed by atoms with E-state index in [-0.39, 0.29) is 4.90 Å². The van der Waals surface area contributed by atoms with Gasteiger partial charge in [0.15, 0.2) is 0 Å². The van der Waals surface area contributed by atoms with Crippen molar-refractivity contribution in [2.75, 3.05) is 6.54 Å². The maximum absolute atomic E-state index is 13.6. The van der Waals surface area contributed by atoms with Crippen LogP contribution in [0.1, 0.15) is 46.0 Å². The van der Waals surface area contributed by atoms with Crippen molar-refractivity contribution in [3.8, 4) is 0 Å². The first-order valence-electron chi connectivity index (χ1n) is 7.27. The van der Waals surface area contributed by atoms with Gasteiger partial charge in [0.25, 0.3) is 0 Å². The molecule has 0 radical (unpaired) electrons. The molecule has 0 saturated heterocycles. The first-order valence-corrected chi connectivity index (χ1v) is 9.55. The third-order valence-corrected chi connectivity index (χ3v) is 5.17. The van der Waals surface area contributed by atoms with Crippen LogP contribution in [0.3, 0.4) is 0 Å². The number of unbranched alkanes of at least 4 members (excludes halogenated alkanes) is 3. The standard InChI is InChI=1S/C15H23BrFNO2S/c1-12(2)7-5-3-4-6-10-18-21(19,20)15-9-8-13(16)11-14(15)17/h8-9,11-12,18H,3-7,10H2,1-2H3. The molecule has 1 rings (SSSR count). The lowest BCUT2D eigenvalue weighted by molar-refractivity contribution is 0.516. The van der Waals surface area contributed by atoms with Crippen LogP contribution in [0, 0.1) is 11.7 Å². The van der Waals surface area contributed by atoms with Gasteiger partial charge in [0.2, 0.25) is 10.0 Å². The van der Waals surface area contributed by atoms with Crippen molar-refractivity contribution in [2.24, 2.45) is 5.92 Å². The summed E-state index contributed by atoms with van der Waals surface area (Å²) >= 11 is 3.11. The summed E-state index contributed by atoms with van der Waals surface area (Å²) in [4.78, 5) is -0.300. The zero-order valence-corrected chi connectivity index (χ0v) is 14.9. The number of sulfonamides is 1. The SMILES string of the molecule is CC(C)CCCCCCNS(=O)(=O)c1ccc(Br)cc1F. The molecule has 3 nitrogen and oxygen atoms in total. The lowest BCUT2D eigenvalue weighted by Crippen LogP contribution is -2.25. The third kappa shape index (κ3) is 6.89. The number of hydrogen-bond donors (Lipinski definition) is 1. The molecular formula is C15H23BrFNO2S. The monoisotopic (exact) mass is 379 g/mol. The second kappa shape index (κ2) is 8.86. The van der Waals surface area contributed by atoms with Crippen molar-refractivity contribution in [3.05, 3.63) is 28.5 Å². The zero-order chi connectivity index (χ0) is 15.9. The Hall–Kier alpha value is -0.460. The number of benzene rings is 1. The Morgan fingerprint density at radius 2 is 1.86 bits per heavy atom. The van der Waals surface area contributed by atoms with Crippen LogP contribution < -0.4 is 4.72 Å². The van der Waals surface area contributed by atoms with Gasteiger partial charge >= 0.3 is 0 Å². The molecule has 0 bridgehead atoms. The maximum atomic E-state index is 13.6. The fourth-order valence-corrected chi connectivity index (χ4v) is 3.47. The normalized spacial score (nSPS) is 12.0. The molecule has 0 aliphatic rings. The first-order chi connectivity index (χ1) is 9.83. The van der Waals surface area contributed by atoms with Gasteiger partial charge in [-0.05, 0) is 30.5 Å². The predicted octanol–water partition coefficient (Wildman–Crippen LogP) is 4.47. The molecule has 0 saturated carbocycles. The fraction of sp³-hybridized carbons (Fsp3) is 0.600. The summed E-state index contributed by atoms with van der Waals surface area (Å²) in [7, 11) is -3.76. The van der Waals surface area contributed by atoms with E-state index in [9.17, 15) is 12.8 Å². The van der Waals surface area contributed by atoms with E-state index >= 15 is 0 Å². The van der Waals surface area contributed by atoms with Gasteiger partial charge in [0.1, 0.15) is 10.7 Å². The molecule has 0 unspecified atom stereocenters. The minimum atomic E-state index is -3.76. The lowest BCUT2D eigenvalue weighted by atomic mass is 10.0. The highest BCUT2D eigenvalue weighted by Crippen LogP contribution is 2.19. The van der Waals surface area contributed by atoms with Crippen molar-refractivity contribution in [1.29, 1.82) is 0 Å². The van der Waals surface area contributed by atoms with Gasteiger partial charge in [-0.3, -0.25) is 0 Å². The summed E-state index contributed by atoms with van der Waals surface area (Å²) in [6.07, 6.45) is 5.24. The fourth-order valence-electron chi connectivity index (χ4n) is 2.01. The Morgan fingerprint density at radius 3 is 2.48 bits per heavy atom. The number of hydrogen-bond acceptors (Lipinski definition) is 2. The van der Waals surface area contributed by atoms with Crippen molar-refractivity contribution < 1.29 is 12.8 Å². The number of halogens is 2. The van der Waals surface area contributed by atoms with Gasteiger partial charge < -0.3 is 0 Å². The third-order valence-electron chi connectivity index (χ3n) is 3.18. The van der Waals surface area contributed by atoms with Gasteiger partial charge in [0.05, 0.1) is 0 Å². The molecule has 0 aliphatic heterocycles. The topological polar surface area (TPSA) is 46.2 Å². The molecule has 0 heterocycles. The highest BCUT2D eigenvalue weighted by molar-refractivity contribution is 9.10. The highest BCUT2D eigenvalue weighted by Gasteiger charge is 2.18. The summed E-state index contributed by atoms with van der Waals surface area (Å²) in [6.45, 7) is 4.74. The molecule has 0 aromatic heterocycles. The Morgan fingerprint density at radius 1 is 1.19 bits per heavy atom. The Bertz CT molecular complexity index is 547. The van der Waals surface area contributed by atoms with Crippen LogP contribution in [-0.4, -0.2) is 15.0 Å². The molecule has 0 spiro atoms. The Kier molecular flexibility index (Phi) is 7.84. The van der Waals surface area contributed by atoms with Gasteiger partial charge in [-0.25, -0.2) is 17.5 Å². The van der Waals surface area contributed by atoms with E-state index in [0.717, 1.165) is 25.3 Å². The minimum Gasteiger partial charge on any atom is -0.211 e. The van der Waals surface area contributed by atoms with Crippen LogP contribution in [0.4, 0.5) is 4.39 Å². The van der Waals surface area contributed by atoms with Crippen LogP contribution in [0.15, 0.2) is 27.6 Å². The van der Waals surface area contributed by atoms with Crippen molar-refractivity contribution >= 4 is 26.0 Å². The second-order valence-electron chi connectivity index (χ2n) is 5.57. The van der Waals surface area contributed by atoms with Crippen LogP contribution in [0.25, 0.3) is 0 Å². The number of rotatable bonds is 9. The summed E-state index contributed by atoms with van der Waals surface area (Å²) in [5, 5.41) is 0. The minimum absolute atomic E-state index is 0.300. The number of nitrogens with one attached hydrogen (secondary N) is 1. The largest absolute Gasteiger partial charge is 0.243 e. The molecule has 1 aromatic carbocycles. The van der Waals surface area contributed by atoms with Crippen LogP contribution in [0.2, 0.25) is 0 Å². The molecule has 21 heavy (non-hydrogen) atoms. The summed E-state index contributed by atoms with van der Waals surface area (Å²) in [6, 6.07) is 3.94. The van der Waals surface area contributed by atoms with E-state index in [1.54, 1.807) is 0 Å². The van der Waals surface area contributed by atoms with Gasteiger partial charge in [-0.2, -0.15) is 0 Å². The van der Waals surface area contributed by atoms with E-state index in [1.807, 2.05) is 0 Å². The van der Waals surface area contributed by atoms with E-state index in [2.05, 4.69) is 34.5 Å². The summed E-state index contributed by atoms with van der Waals surface area (Å²) in [5.74, 6) is -0.0299. The second-order valence-corrected chi connectivity index (χ2v) is 8.22. The van der Waals surface area contributed by atoms with E-state index in [1.165, 1.54) is 25.0 Å². The summed E-state index contributed by atoms with van der Waals surface area (Å²) < 4.78 is 40.6. The van der Waals surface area contributed by atoms with Crippen molar-refractivity contribution in [3.63, 3.8) is 0 Å². The molecule has 0 amide bonds. The van der Waals surface area contributed by atoms with Crippen molar-refractivity contribution in [2.45, 2.75) is 50.8 Å². The van der Waals surface area contributed by atoms with Crippen LogP contribution in [-0.2, 0) is 10.0 Å². The first kappa shape index (κ1) is 18.6. The molecule has 0 fully saturated rings. The van der Waals surface area contributed by atoms with Gasteiger partial charge in [-0.15, -0.1) is 0 Å². The molecule has 1 N–H and O–H groups in total. The lowest BCUT2D eigenvalue weighted by Gasteiger charge is -2.08. The molecule has 6 heteroatoms. The van der Waals surface area contributed by atoms with E-state index < -0.39 is 15.8 Å². The highest BCUT2D eigenvalue weighted by atomic mass is 79.9. The van der Waals surface area contributed by atoms with Crippen LogP contribution in [0.5, 0.6) is 0 Å². The molecule has 1 aromatic rings. The Balaban J connectivity index is 2.37. The van der Waals surface area contributed by atoms with Crippen LogP contribution >= 0.6 is 15.9 Å². The predicted molar refractivity (Wildman–Crippen MR) is 87.2 cm³/mol. The van der Waals surface area contributed by atoms with E-state index in [4.69, 9.17) is 0 Å². The molecule has 120 valence electrons. The van der Waals surface area contributed by atoms with E-state index in [0.29, 0.717) is 16.9 Å². The summed E-state index contributed by atoms with van der Waals surface area (Å²) in [5.41, 5.74) is 0. The molecule has 0 aliphatic carbocycles. The molecular weight excluding hydrogens is 357 g/mol. The Labute approximate surface area is 135 Å². The maximum Gasteiger partial charge on any atom is 0.243 e. The smallest absolute Gasteiger partial charge is 0.211 e.